The van der Waals surface area contributed by atoms with Gasteiger partial charge in [0.05, 0.1) is 6.10 Å². The highest BCUT2D eigenvalue weighted by Crippen LogP contribution is 2.40. The van der Waals surface area contributed by atoms with Crippen LogP contribution in [0.2, 0.25) is 0 Å². The number of hydrogen-bond acceptors (Lipinski definition) is 3. The minimum atomic E-state index is -0.637. The average molecular weight is 266 g/mol. The van der Waals surface area contributed by atoms with Gasteiger partial charge in [-0.2, -0.15) is 0 Å². The molecule has 1 aromatic rings. The monoisotopic (exact) mass is 266 g/mol. The van der Waals surface area contributed by atoms with Crippen molar-refractivity contribution in [2.75, 3.05) is 0 Å². The number of carbonyl (C=O) groups is 1. The molecule has 0 aliphatic heterocycles. The van der Waals surface area contributed by atoms with Crippen LogP contribution in [0.4, 0.5) is 4.39 Å². The van der Waals surface area contributed by atoms with Crippen molar-refractivity contribution in [3.05, 3.63) is 35.1 Å². The average Bonchev–Trinajstić information content (AvgIpc) is 2.35. The molecule has 1 saturated carbocycles. The quantitative estimate of drug-likeness (QED) is 0.766. The number of carbonyl (C=O) groups excluding carboxylic acids is 1. The van der Waals surface area contributed by atoms with Crippen LogP contribution in [0.3, 0.4) is 0 Å². The molecule has 1 aliphatic carbocycles. The number of halogens is 1. The van der Waals surface area contributed by atoms with E-state index in [2.05, 4.69) is 5.32 Å². The Morgan fingerprint density at radius 1 is 1.58 bits per heavy atom. The van der Waals surface area contributed by atoms with Crippen molar-refractivity contribution in [3.63, 3.8) is 0 Å². The van der Waals surface area contributed by atoms with E-state index in [1.807, 2.05) is 13.8 Å². The summed E-state index contributed by atoms with van der Waals surface area (Å²) >= 11 is 0. The van der Waals surface area contributed by atoms with Gasteiger partial charge in [-0.15, -0.1) is 0 Å². The van der Waals surface area contributed by atoms with Gasteiger partial charge in [0, 0.05) is 29.1 Å². The second kappa shape index (κ2) is 4.90. The summed E-state index contributed by atoms with van der Waals surface area (Å²) in [5.74, 6) is -1.08. The molecular weight excluding hydrogens is 247 g/mol. The Kier molecular flexibility index (Phi) is 3.60. The summed E-state index contributed by atoms with van der Waals surface area (Å²) in [6.45, 7) is 4.32. The Morgan fingerprint density at radius 2 is 2.26 bits per heavy atom. The molecule has 5 heteroatoms. The van der Waals surface area contributed by atoms with Crippen molar-refractivity contribution in [1.29, 1.82) is 0 Å². The Hall–Kier alpha value is -1.46. The maximum Gasteiger partial charge on any atom is 0.248 e. The van der Waals surface area contributed by atoms with Gasteiger partial charge >= 0.3 is 0 Å². The second-order valence-corrected chi connectivity index (χ2v) is 5.68. The molecule has 1 fully saturated rings. The van der Waals surface area contributed by atoms with E-state index in [0.717, 1.165) is 6.07 Å². The number of hydrogen-bond donors (Lipinski definition) is 3. The van der Waals surface area contributed by atoms with Crippen LogP contribution in [0.15, 0.2) is 18.2 Å². The summed E-state index contributed by atoms with van der Waals surface area (Å²) in [7, 11) is 0. The molecule has 4 N–H and O–H groups in total. The normalized spacial score (nSPS) is 24.8. The van der Waals surface area contributed by atoms with Gasteiger partial charge in [0.2, 0.25) is 5.91 Å². The van der Waals surface area contributed by atoms with Crippen molar-refractivity contribution in [1.82, 2.24) is 5.32 Å². The third-order valence-electron chi connectivity index (χ3n) is 4.09. The van der Waals surface area contributed by atoms with E-state index < -0.39 is 11.7 Å². The van der Waals surface area contributed by atoms with E-state index in [4.69, 9.17) is 5.73 Å². The molecule has 0 heterocycles. The highest BCUT2D eigenvalue weighted by Gasteiger charge is 2.46. The summed E-state index contributed by atoms with van der Waals surface area (Å²) in [5.41, 5.74) is 5.55. The Morgan fingerprint density at radius 3 is 2.74 bits per heavy atom. The Labute approximate surface area is 111 Å². The fourth-order valence-electron chi connectivity index (χ4n) is 2.33. The molecule has 2 atom stereocenters. The standard InChI is InChI=1S/C14H19FN2O2/c1-14(2)11(6-12(14)18)17-7-9-4-3-8(13(16)19)5-10(9)15/h3-5,11-12,17-18H,6-7H2,1-2H3,(H2,16,19). The maximum absolute atomic E-state index is 13.8. The molecule has 0 spiro atoms. The number of aliphatic hydroxyl groups is 1. The summed E-state index contributed by atoms with van der Waals surface area (Å²) in [5, 5.41) is 12.9. The minimum Gasteiger partial charge on any atom is -0.392 e. The summed E-state index contributed by atoms with van der Waals surface area (Å²) < 4.78 is 13.8. The van der Waals surface area contributed by atoms with E-state index in [-0.39, 0.29) is 23.1 Å². The van der Waals surface area contributed by atoms with E-state index in [1.54, 1.807) is 6.07 Å². The van der Waals surface area contributed by atoms with Gasteiger partial charge in [0.25, 0.3) is 0 Å². The molecule has 2 rings (SSSR count). The molecule has 19 heavy (non-hydrogen) atoms. The number of nitrogens with two attached hydrogens (primary N) is 1. The lowest BCUT2D eigenvalue weighted by Crippen LogP contribution is -2.59. The van der Waals surface area contributed by atoms with Crippen LogP contribution in [-0.2, 0) is 6.54 Å². The van der Waals surface area contributed by atoms with Gasteiger partial charge in [-0.3, -0.25) is 4.79 Å². The van der Waals surface area contributed by atoms with Gasteiger partial charge in [0.15, 0.2) is 0 Å². The lowest BCUT2D eigenvalue weighted by Gasteiger charge is -2.49. The Balaban J connectivity index is 1.99. The fourth-order valence-corrected chi connectivity index (χ4v) is 2.33. The molecule has 104 valence electrons. The molecule has 2 unspecified atom stereocenters. The van der Waals surface area contributed by atoms with E-state index in [1.165, 1.54) is 6.07 Å². The van der Waals surface area contributed by atoms with Gasteiger partial charge in [-0.1, -0.05) is 19.9 Å². The van der Waals surface area contributed by atoms with Crippen LogP contribution < -0.4 is 11.1 Å². The highest BCUT2D eigenvalue weighted by molar-refractivity contribution is 5.92. The summed E-state index contributed by atoms with van der Waals surface area (Å²) in [4.78, 5) is 10.9. The third-order valence-corrected chi connectivity index (χ3v) is 4.09. The zero-order chi connectivity index (χ0) is 14.2. The summed E-state index contributed by atoms with van der Waals surface area (Å²) in [6, 6.07) is 4.39. The first-order chi connectivity index (χ1) is 8.82. The smallest absolute Gasteiger partial charge is 0.248 e. The number of aliphatic hydroxyl groups excluding tert-OH is 1. The number of rotatable bonds is 4. The topological polar surface area (TPSA) is 75.3 Å². The first kappa shape index (κ1) is 14.0. The van der Waals surface area contributed by atoms with Crippen LogP contribution in [0, 0.1) is 11.2 Å². The van der Waals surface area contributed by atoms with Gasteiger partial charge in [0.1, 0.15) is 5.82 Å². The zero-order valence-corrected chi connectivity index (χ0v) is 11.1. The van der Waals surface area contributed by atoms with Crippen molar-refractivity contribution >= 4 is 5.91 Å². The van der Waals surface area contributed by atoms with Crippen LogP contribution in [0.5, 0.6) is 0 Å². The first-order valence-electron chi connectivity index (χ1n) is 6.32. The zero-order valence-electron chi connectivity index (χ0n) is 11.1. The minimum absolute atomic E-state index is 0.165. The molecule has 0 saturated heterocycles. The third kappa shape index (κ3) is 2.62. The van der Waals surface area contributed by atoms with Crippen molar-refractivity contribution in [2.24, 2.45) is 11.1 Å². The van der Waals surface area contributed by atoms with Crippen LogP contribution in [0.1, 0.15) is 36.2 Å². The molecule has 0 bridgehead atoms. The predicted molar refractivity (Wildman–Crippen MR) is 70.0 cm³/mol. The maximum atomic E-state index is 13.8. The SMILES string of the molecule is CC1(C)C(O)CC1NCc1ccc(C(N)=O)cc1F. The molecule has 1 aromatic carbocycles. The molecular formula is C14H19FN2O2. The first-order valence-corrected chi connectivity index (χ1v) is 6.32. The van der Waals surface area contributed by atoms with Crippen LogP contribution >= 0.6 is 0 Å². The molecule has 1 aliphatic rings. The van der Waals surface area contributed by atoms with Crippen LogP contribution in [-0.4, -0.2) is 23.2 Å². The number of amides is 1. The van der Waals surface area contributed by atoms with Crippen molar-refractivity contribution in [3.8, 4) is 0 Å². The predicted octanol–water partition coefficient (Wildman–Crippen LogP) is 1.17. The number of benzene rings is 1. The van der Waals surface area contributed by atoms with Crippen molar-refractivity contribution in [2.45, 2.75) is 39.0 Å². The van der Waals surface area contributed by atoms with Gasteiger partial charge in [-0.25, -0.2) is 4.39 Å². The summed E-state index contributed by atoms with van der Waals surface area (Å²) in [6.07, 6.45) is 0.362. The highest BCUT2D eigenvalue weighted by atomic mass is 19.1. The van der Waals surface area contributed by atoms with Gasteiger partial charge in [-0.05, 0) is 18.6 Å². The van der Waals surface area contributed by atoms with Crippen LogP contribution in [0.25, 0.3) is 0 Å². The van der Waals surface area contributed by atoms with E-state index in [9.17, 15) is 14.3 Å². The Bertz CT molecular complexity index is 502. The lowest BCUT2D eigenvalue weighted by molar-refractivity contribution is -0.0730. The largest absolute Gasteiger partial charge is 0.392 e. The molecule has 0 radical (unpaired) electrons. The van der Waals surface area contributed by atoms with E-state index in [0.29, 0.717) is 18.5 Å². The second-order valence-electron chi connectivity index (χ2n) is 5.68. The van der Waals surface area contributed by atoms with E-state index >= 15 is 0 Å². The lowest BCUT2D eigenvalue weighted by atomic mass is 9.64. The molecule has 0 aromatic heterocycles. The van der Waals surface area contributed by atoms with Gasteiger partial charge < -0.3 is 16.2 Å². The number of primary amides is 1. The molecule has 4 nitrogen and oxygen atoms in total. The number of nitrogens with one attached hydrogen (secondary N) is 1. The fraction of sp³-hybridized carbons (Fsp3) is 0.500. The van der Waals surface area contributed by atoms with Crippen molar-refractivity contribution < 1.29 is 14.3 Å². The molecule has 1 amide bonds.